The Morgan fingerprint density at radius 2 is 1.90 bits per heavy atom. The maximum Gasteiger partial charge on any atom is 0.228 e. The van der Waals surface area contributed by atoms with Gasteiger partial charge in [-0.15, -0.1) is 0 Å². The maximum atomic E-state index is 12.3. The first-order valence-corrected chi connectivity index (χ1v) is 2.93. The zero-order valence-electron chi connectivity index (χ0n) is 5.14. The highest BCUT2D eigenvalue weighted by Crippen LogP contribution is 2.21. The summed E-state index contributed by atoms with van der Waals surface area (Å²) in [5.74, 6) is 0. The van der Waals surface area contributed by atoms with Crippen LogP contribution in [-0.2, 0) is 4.74 Å². The molecule has 0 aromatic rings. The van der Waals surface area contributed by atoms with Crippen LogP contribution in [0, 0.1) is 0 Å². The Balaban J connectivity index is 2.53. The molecule has 1 aliphatic heterocycles. The van der Waals surface area contributed by atoms with Crippen molar-refractivity contribution < 1.29 is 24.4 Å². The second-order valence-corrected chi connectivity index (χ2v) is 2.19. The minimum atomic E-state index is -1.88. The molecule has 1 aliphatic rings. The minimum Gasteiger partial charge on any atom is -0.394 e. The van der Waals surface area contributed by atoms with Crippen LogP contribution in [0.25, 0.3) is 0 Å². The van der Waals surface area contributed by atoms with E-state index in [0.29, 0.717) is 0 Å². The number of aliphatic hydroxyl groups excluding tert-OH is 3. The summed E-state index contributed by atoms with van der Waals surface area (Å²) in [6, 6.07) is 0. The Bertz CT molecular complexity index is 120. The van der Waals surface area contributed by atoms with Gasteiger partial charge < -0.3 is 20.1 Å². The van der Waals surface area contributed by atoms with Gasteiger partial charge in [0, 0.05) is 0 Å². The topological polar surface area (TPSA) is 69.9 Å². The molecule has 0 bridgehead atoms. The van der Waals surface area contributed by atoms with E-state index in [1.165, 1.54) is 0 Å². The predicted molar refractivity (Wildman–Crippen MR) is 28.9 cm³/mol. The third-order valence-electron chi connectivity index (χ3n) is 1.48. The number of alkyl halides is 1. The Hall–Kier alpha value is -0.230. The molecular weight excluding hydrogens is 142 g/mol. The van der Waals surface area contributed by atoms with Crippen molar-refractivity contribution in [2.45, 2.75) is 24.7 Å². The van der Waals surface area contributed by atoms with E-state index >= 15 is 0 Å². The molecule has 3 N–H and O–H groups in total. The first-order chi connectivity index (χ1) is 4.66. The van der Waals surface area contributed by atoms with Gasteiger partial charge >= 0.3 is 0 Å². The largest absolute Gasteiger partial charge is 0.394 e. The maximum absolute atomic E-state index is 12.3. The molecule has 1 heterocycles. The number of hydrogen-bond donors (Lipinski definition) is 3. The molecule has 0 aromatic carbocycles. The number of hydrogen-bond acceptors (Lipinski definition) is 4. The smallest absolute Gasteiger partial charge is 0.228 e. The molecule has 60 valence electrons. The van der Waals surface area contributed by atoms with Crippen molar-refractivity contribution in [3.8, 4) is 0 Å². The Morgan fingerprint density at radius 3 is 2.10 bits per heavy atom. The lowest BCUT2D eigenvalue weighted by molar-refractivity contribution is -0.0822. The fraction of sp³-hybridized carbons (Fsp3) is 1.00. The molecule has 10 heavy (non-hydrogen) atoms. The normalized spacial score (nSPS) is 48.0. The van der Waals surface area contributed by atoms with Crippen LogP contribution in [0.1, 0.15) is 0 Å². The molecule has 1 rings (SSSR count). The van der Waals surface area contributed by atoms with Gasteiger partial charge in [0.2, 0.25) is 6.36 Å². The fourth-order valence-corrected chi connectivity index (χ4v) is 0.854. The van der Waals surface area contributed by atoms with Crippen LogP contribution in [0.4, 0.5) is 4.39 Å². The zero-order chi connectivity index (χ0) is 7.72. The molecule has 1 saturated heterocycles. The van der Waals surface area contributed by atoms with Gasteiger partial charge in [0.05, 0.1) is 6.61 Å². The Kier molecular flexibility index (Phi) is 2.20. The summed E-state index contributed by atoms with van der Waals surface area (Å²) < 4.78 is 16.6. The molecule has 0 radical (unpaired) electrons. The van der Waals surface area contributed by atoms with Crippen LogP contribution in [0.15, 0.2) is 0 Å². The van der Waals surface area contributed by atoms with Crippen LogP contribution in [0.5, 0.6) is 0 Å². The molecule has 4 atom stereocenters. The Labute approximate surface area is 56.9 Å². The van der Waals surface area contributed by atoms with Crippen molar-refractivity contribution in [1.82, 2.24) is 0 Å². The van der Waals surface area contributed by atoms with E-state index in [9.17, 15) is 4.39 Å². The number of halogens is 1. The highest BCUT2D eigenvalue weighted by atomic mass is 18.2. The number of ether oxygens (including phenoxy) is 1. The number of aliphatic hydroxyl groups is 3. The second-order valence-electron chi connectivity index (χ2n) is 2.19. The van der Waals surface area contributed by atoms with Crippen LogP contribution in [0.2, 0.25) is 0 Å². The summed E-state index contributed by atoms with van der Waals surface area (Å²) >= 11 is 0. The molecular formula is C5H9FO4. The molecule has 0 amide bonds. The van der Waals surface area contributed by atoms with Gasteiger partial charge in [0.15, 0.2) is 0 Å². The van der Waals surface area contributed by atoms with Crippen LogP contribution in [0.3, 0.4) is 0 Å². The third-order valence-corrected chi connectivity index (χ3v) is 1.48. The van der Waals surface area contributed by atoms with Gasteiger partial charge in [-0.1, -0.05) is 0 Å². The van der Waals surface area contributed by atoms with E-state index in [4.69, 9.17) is 15.3 Å². The summed E-state index contributed by atoms with van der Waals surface area (Å²) in [5, 5.41) is 26.0. The van der Waals surface area contributed by atoms with Crippen molar-refractivity contribution >= 4 is 0 Å². The summed E-state index contributed by atoms with van der Waals surface area (Å²) in [6.07, 6.45) is -5.73. The van der Waals surface area contributed by atoms with Crippen LogP contribution in [-0.4, -0.2) is 46.6 Å². The number of rotatable bonds is 1. The van der Waals surface area contributed by atoms with Crippen LogP contribution >= 0.6 is 0 Å². The van der Waals surface area contributed by atoms with Gasteiger partial charge in [0.25, 0.3) is 0 Å². The molecule has 5 heteroatoms. The molecule has 0 aromatic heterocycles. The lowest BCUT2D eigenvalue weighted by Gasteiger charge is -2.09. The lowest BCUT2D eigenvalue weighted by Crippen LogP contribution is -2.32. The first-order valence-electron chi connectivity index (χ1n) is 2.93. The fourth-order valence-electron chi connectivity index (χ4n) is 0.854. The van der Waals surface area contributed by atoms with Gasteiger partial charge in [-0.3, -0.25) is 0 Å². The third kappa shape index (κ3) is 1.13. The van der Waals surface area contributed by atoms with E-state index < -0.39 is 31.3 Å². The first kappa shape index (κ1) is 7.87. The standard InChI is InChI=1S/C5H9FO4/c6-5-4(9)3(8)2(1-7)10-5/h2-5,7-9H,1H2/t2-,3-,4-,5+/m1/s1/i6-1. The average Bonchev–Trinajstić information content (AvgIpc) is 2.17. The average molecular weight is 151 g/mol. The SMILES string of the molecule is OC[C@H]1O[C@H]([18F])[C@H](O)[C@@H]1O. The molecule has 0 saturated carbocycles. The monoisotopic (exact) mass is 151 g/mol. The molecule has 1 fully saturated rings. The van der Waals surface area contributed by atoms with Crippen molar-refractivity contribution in [3.05, 3.63) is 0 Å². The molecule has 0 aliphatic carbocycles. The van der Waals surface area contributed by atoms with Crippen molar-refractivity contribution in [3.63, 3.8) is 0 Å². The molecule has 0 spiro atoms. The van der Waals surface area contributed by atoms with Gasteiger partial charge in [0.1, 0.15) is 18.3 Å². The van der Waals surface area contributed by atoms with Gasteiger partial charge in [-0.2, -0.15) is 0 Å². The lowest BCUT2D eigenvalue weighted by atomic mass is 10.1. The van der Waals surface area contributed by atoms with Crippen molar-refractivity contribution in [2.75, 3.05) is 6.61 Å². The van der Waals surface area contributed by atoms with E-state index in [2.05, 4.69) is 4.74 Å². The summed E-state index contributed by atoms with van der Waals surface area (Å²) in [7, 11) is 0. The predicted octanol–water partition coefficient (Wildman–Crippen LogP) is -1.61. The quantitative estimate of drug-likeness (QED) is 0.422. The van der Waals surface area contributed by atoms with E-state index in [1.54, 1.807) is 0 Å². The summed E-state index contributed by atoms with van der Waals surface area (Å²) in [5.41, 5.74) is 0. The van der Waals surface area contributed by atoms with Gasteiger partial charge in [-0.05, 0) is 0 Å². The summed E-state index contributed by atoms with van der Waals surface area (Å²) in [6.45, 7) is -0.487. The molecule has 0 unspecified atom stereocenters. The summed E-state index contributed by atoms with van der Waals surface area (Å²) in [4.78, 5) is 0. The zero-order valence-corrected chi connectivity index (χ0v) is 5.14. The molecule has 4 nitrogen and oxygen atoms in total. The van der Waals surface area contributed by atoms with Crippen molar-refractivity contribution in [2.24, 2.45) is 0 Å². The van der Waals surface area contributed by atoms with Crippen molar-refractivity contribution in [1.29, 1.82) is 0 Å². The minimum absolute atomic E-state index is 0.487. The Morgan fingerprint density at radius 1 is 1.30 bits per heavy atom. The highest BCUT2D eigenvalue weighted by molar-refractivity contribution is 4.85. The van der Waals surface area contributed by atoms with Gasteiger partial charge in [-0.25, -0.2) is 4.39 Å². The van der Waals surface area contributed by atoms with Crippen LogP contribution < -0.4 is 0 Å². The van der Waals surface area contributed by atoms with E-state index in [0.717, 1.165) is 0 Å². The highest BCUT2D eigenvalue weighted by Gasteiger charge is 2.42. The second kappa shape index (κ2) is 2.79. The van der Waals surface area contributed by atoms with E-state index in [-0.39, 0.29) is 0 Å². The van der Waals surface area contributed by atoms with E-state index in [1.807, 2.05) is 0 Å².